The van der Waals surface area contributed by atoms with Gasteiger partial charge in [-0.1, -0.05) is 24.4 Å². The van der Waals surface area contributed by atoms with Crippen LogP contribution in [0.1, 0.15) is 48.9 Å². The van der Waals surface area contributed by atoms with Crippen LogP contribution in [0.4, 0.5) is 5.69 Å². The van der Waals surface area contributed by atoms with Gasteiger partial charge in [-0.25, -0.2) is 0 Å². The van der Waals surface area contributed by atoms with Gasteiger partial charge in [-0.05, 0) is 49.8 Å². The molecule has 0 bridgehead atoms. The molecule has 0 spiro atoms. The van der Waals surface area contributed by atoms with E-state index in [-0.39, 0.29) is 0 Å². The molecule has 2 fully saturated rings. The van der Waals surface area contributed by atoms with E-state index in [0.717, 1.165) is 29.5 Å². The van der Waals surface area contributed by atoms with E-state index in [1.165, 1.54) is 38.5 Å². The predicted molar refractivity (Wildman–Crippen MR) is 79.2 cm³/mol. The molecule has 19 heavy (non-hydrogen) atoms. The summed E-state index contributed by atoms with van der Waals surface area (Å²) in [5.74, 6) is 0.837. The van der Waals surface area contributed by atoms with Crippen molar-refractivity contribution < 1.29 is 4.79 Å². The smallest absolute Gasteiger partial charge is 0.150 e. The fraction of sp³-hybridized carbons (Fsp3) is 0.562. The van der Waals surface area contributed by atoms with Crippen LogP contribution in [0.15, 0.2) is 18.2 Å². The molecule has 1 saturated carbocycles. The summed E-state index contributed by atoms with van der Waals surface area (Å²) < 4.78 is 0. The van der Waals surface area contributed by atoms with Crippen LogP contribution in [0.3, 0.4) is 0 Å². The Hall–Kier alpha value is -1.02. The first-order valence-electron chi connectivity index (χ1n) is 7.31. The first-order chi connectivity index (χ1) is 9.29. The highest BCUT2D eigenvalue weighted by molar-refractivity contribution is 6.33. The summed E-state index contributed by atoms with van der Waals surface area (Å²) >= 11 is 6.37. The Morgan fingerprint density at radius 2 is 1.95 bits per heavy atom. The number of benzene rings is 1. The monoisotopic (exact) mass is 277 g/mol. The Bertz CT molecular complexity index is 472. The van der Waals surface area contributed by atoms with Crippen molar-refractivity contribution in [2.75, 3.05) is 11.4 Å². The molecule has 3 rings (SSSR count). The predicted octanol–water partition coefficient (Wildman–Crippen LogP) is 4.31. The van der Waals surface area contributed by atoms with Crippen molar-refractivity contribution in [3.05, 3.63) is 28.8 Å². The maximum atomic E-state index is 10.8. The van der Waals surface area contributed by atoms with Crippen LogP contribution in [0.2, 0.25) is 5.02 Å². The molecule has 3 heteroatoms. The number of aldehydes is 1. The van der Waals surface area contributed by atoms with Crippen LogP contribution in [-0.4, -0.2) is 18.9 Å². The third-order valence-corrected chi connectivity index (χ3v) is 4.96. The molecule has 1 aromatic rings. The lowest BCUT2D eigenvalue weighted by molar-refractivity contribution is 0.112. The molecule has 1 heterocycles. The van der Waals surface area contributed by atoms with Crippen molar-refractivity contribution in [1.82, 2.24) is 0 Å². The second-order valence-electron chi connectivity index (χ2n) is 5.78. The summed E-state index contributed by atoms with van der Waals surface area (Å²) in [6.07, 6.45) is 8.85. The van der Waals surface area contributed by atoms with Crippen LogP contribution in [0.5, 0.6) is 0 Å². The first-order valence-corrected chi connectivity index (χ1v) is 7.69. The maximum Gasteiger partial charge on any atom is 0.150 e. The molecule has 2 aliphatic rings. The van der Waals surface area contributed by atoms with Crippen molar-refractivity contribution in [3.8, 4) is 0 Å². The zero-order valence-corrected chi connectivity index (χ0v) is 11.9. The molecule has 0 N–H and O–H groups in total. The fourth-order valence-electron chi connectivity index (χ4n) is 3.75. The Morgan fingerprint density at radius 3 is 2.74 bits per heavy atom. The van der Waals surface area contributed by atoms with Crippen LogP contribution in [-0.2, 0) is 0 Å². The third-order valence-electron chi connectivity index (χ3n) is 4.66. The molecule has 2 unspecified atom stereocenters. The average molecular weight is 278 g/mol. The number of nitrogens with zero attached hydrogens (tertiary/aromatic N) is 1. The molecule has 1 aromatic carbocycles. The van der Waals surface area contributed by atoms with Crippen LogP contribution < -0.4 is 4.90 Å². The zero-order chi connectivity index (χ0) is 13.2. The molecule has 1 saturated heterocycles. The van der Waals surface area contributed by atoms with Gasteiger partial charge in [0, 0.05) is 18.2 Å². The summed E-state index contributed by atoms with van der Waals surface area (Å²) in [6.45, 7) is 1.10. The van der Waals surface area contributed by atoms with Gasteiger partial charge in [-0.3, -0.25) is 4.79 Å². The quantitative estimate of drug-likeness (QED) is 0.751. The van der Waals surface area contributed by atoms with E-state index in [1.807, 2.05) is 12.1 Å². The molecule has 1 aliphatic heterocycles. The molecular weight excluding hydrogens is 258 g/mol. The molecule has 1 aliphatic carbocycles. The lowest BCUT2D eigenvalue weighted by Crippen LogP contribution is -2.47. The number of rotatable bonds is 2. The molecule has 0 aromatic heterocycles. The minimum atomic E-state index is 0.655. The van der Waals surface area contributed by atoms with Gasteiger partial charge in [0.05, 0.1) is 10.7 Å². The van der Waals surface area contributed by atoms with Crippen LogP contribution in [0.25, 0.3) is 0 Å². The standard InChI is InChI=1S/C16H20ClNO/c17-14-10-12(11-19)7-8-16(14)18-9-3-5-13-4-1-2-6-15(13)18/h7-8,10-11,13,15H,1-6,9H2. The van der Waals surface area contributed by atoms with Crippen molar-refractivity contribution in [1.29, 1.82) is 0 Å². The number of carbonyl (C=O) groups is 1. The SMILES string of the molecule is O=Cc1ccc(N2CCCC3CCCCC32)c(Cl)c1. The van der Waals surface area contributed by atoms with E-state index >= 15 is 0 Å². The number of anilines is 1. The largest absolute Gasteiger partial charge is 0.367 e. The molecule has 102 valence electrons. The van der Waals surface area contributed by atoms with Gasteiger partial charge in [-0.2, -0.15) is 0 Å². The van der Waals surface area contributed by atoms with E-state index < -0.39 is 0 Å². The topological polar surface area (TPSA) is 20.3 Å². The van der Waals surface area contributed by atoms with E-state index in [4.69, 9.17) is 11.6 Å². The lowest BCUT2D eigenvalue weighted by Gasteiger charge is -2.45. The zero-order valence-electron chi connectivity index (χ0n) is 11.1. The highest BCUT2D eigenvalue weighted by atomic mass is 35.5. The van der Waals surface area contributed by atoms with Crippen molar-refractivity contribution >= 4 is 23.6 Å². The number of piperidine rings is 1. The van der Waals surface area contributed by atoms with E-state index in [2.05, 4.69) is 4.90 Å². The van der Waals surface area contributed by atoms with E-state index in [0.29, 0.717) is 11.6 Å². The third kappa shape index (κ3) is 2.51. The minimum absolute atomic E-state index is 0.655. The molecular formula is C16H20ClNO. The van der Waals surface area contributed by atoms with E-state index in [1.54, 1.807) is 6.07 Å². The molecule has 0 amide bonds. The van der Waals surface area contributed by atoms with Gasteiger partial charge in [0.15, 0.2) is 0 Å². The highest BCUT2D eigenvalue weighted by Crippen LogP contribution is 2.39. The van der Waals surface area contributed by atoms with Gasteiger partial charge in [-0.15, -0.1) is 0 Å². The summed E-state index contributed by atoms with van der Waals surface area (Å²) in [4.78, 5) is 13.3. The Morgan fingerprint density at radius 1 is 1.16 bits per heavy atom. The first kappa shape index (κ1) is 13.0. The number of fused-ring (bicyclic) bond motifs is 1. The maximum absolute atomic E-state index is 10.8. The highest BCUT2D eigenvalue weighted by Gasteiger charge is 2.33. The van der Waals surface area contributed by atoms with Crippen molar-refractivity contribution in [2.24, 2.45) is 5.92 Å². The van der Waals surface area contributed by atoms with Gasteiger partial charge in [0.2, 0.25) is 0 Å². The van der Waals surface area contributed by atoms with Gasteiger partial charge >= 0.3 is 0 Å². The van der Waals surface area contributed by atoms with E-state index in [9.17, 15) is 4.79 Å². The van der Waals surface area contributed by atoms with Crippen molar-refractivity contribution in [2.45, 2.75) is 44.6 Å². The van der Waals surface area contributed by atoms with Gasteiger partial charge < -0.3 is 4.90 Å². The van der Waals surface area contributed by atoms with Crippen LogP contribution in [0, 0.1) is 5.92 Å². The second-order valence-corrected chi connectivity index (χ2v) is 6.18. The van der Waals surface area contributed by atoms with Gasteiger partial charge in [0.25, 0.3) is 0 Å². The Kier molecular flexibility index (Phi) is 3.79. The molecule has 0 radical (unpaired) electrons. The number of halogens is 1. The fourth-order valence-corrected chi connectivity index (χ4v) is 4.05. The molecule has 2 atom stereocenters. The second kappa shape index (κ2) is 5.54. The summed E-state index contributed by atoms with van der Waals surface area (Å²) in [5, 5.41) is 0.718. The summed E-state index contributed by atoms with van der Waals surface area (Å²) in [5.41, 5.74) is 1.77. The van der Waals surface area contributed by atoms with Crippen molar-refractivity contribution in [3.63, 3.8) is 0 Å². The normalized spacial score (nSPS) is 26.9. The number of hydrogen-bond donors (Lipinski definition) is 0. The summed E-state index contributed by atoms with van der Waals surface area (Å²) in [6, 6.07) is 6.34. The lowest BCUT2D eigenvalue weighted by atomic mass is 9.78. The number of hydrogen-bond acceptors (Lipinski definition) is 2. The number of carbonyl (C=O) groups excluding carboxylic acids is 1. The summed E-state index contributed by atoms with van der Waals surface area (Å²) in [7, 11) is 0. The Labute approximate surface area is 119 Å². The van der Waals surface area contributed by atoms with Crippen LogP contribution >= 0.6 is 11.6 Å². The molecule has 2 nitrogen and oxygen atoms in total. The minimum Gasteiger partial charge on any atom is -0.367 e. The van der Waals surface area contributed by atoms with Gasteiger partial charge in [0.1, 0.15) is 6.29 Å². The Balaban J connectivity index is 1.89. The average Bonchev–Trinajstić information content (AvgIpc) is 2.46.